The van der Waals surface area contributed by atoms with Crippen molar-refractivity contribution < 1.29 is 8.42 Å². The summed E-state index contributed by atoms with van der Waals surface area (Å²) in [6.07, 6.45) is 2.24. The van der Waals surface area contributed by atoms with E-state index in [4.69, 9.17) is 5.73 Å². The van der Waals surface area contributed by atoms with E-state index < -0.39 is 10.0 Å². The van der Waals surface area contributed by atoms with Gasteiger partial charge < -0.3 is 5.73 Å². The number of nitrogens with zero attached hydrogens (tertiary/aromatic N) is 3. The van der Waals surface area contributed by atoms with E-state index in [0.717, 1.165) is 6.42 Å². The van der Waals surface area contributed by atoms with E-state index in [-0.39, 0.29) is 10.7 Å². The van der Waals surface area contributed by atoms with Crippen LogP contribution in [0.2, 0.25) is 0 Å². The largest absolute Gasteiger partial charge is 0.381 e. The van der Waals surface area contributed by atoms with E-state index >= 15 is 0 Å². The van der Waals surface area contributed by atoms with Crippen molar-refractivity contribution >= 4 is 15.8 Å². The highest BCUT2D eigenvalue weighted by atomic mass is 32.2. The predicted octanol–water partition coefficient (Wildman–Crippen LogP) is 0.669. The topological polar surface area (TPSA) is 81.2 Å². The van der Waals surface area contributed by atoms with Gasteiger partial charge in [0.25, 0.3) is 0 Å². The molecule has 1 heterocycles. The minimum absolute atomic E-state index is 0.0453. The molecule has 0 aromatic carbocycles. The first kappa shape index (κ1) is 14.0. The lowest BCUT2D eigenvalue weighted by molar-refractivity contribution is 0.428. The van der Waals surface area contributed by atoms with Crippen LogP contribution in [0.25, 0.3) is 0 Å². The number of aryl methyl sites for hydroxylation is 1. The maximum absolute atomic E-state index is 12.2. The fraction of sp³-hybridized carbons (Fsp3) is 0.700. The number of nitrogens with two attached hydrogens (primary N) is 1. The molecule has 7 heteroatoms. The molecule has 0 aliphatic rings. The van der Waals surface area contributed by atoms with Crippen LogP contribution >= 0.6 is 0 Å². The van der Waals surface area contributed by atoms with Gasteiger partial charge in [-0.1, -0.05) is 13.8 Å². The number of hydrogen-bond acceptors (Lipinski definition) is 4. The molecule has 0 bridgehead atoms. The van der Waals surface area contributed by atoms with Crippen LogP contribution in [0.3, 0.4) is 0 Å². The summed E-state index contributed by atoms with van der Waals surface area (Å²) in [6.45, 7) is 4.59. The molecule has 0 atom stereocenters. The van der Waals surface area contributed by atoms with Gasteiger partial charge in [0.05, 0.1) is 0 Å². The van der Waals surface area contributed by atoms with Crippen molar-refractivity contribution in [2.24, 2.45) is 13.0 Å². The molecule has 0 aliphatic heterocycles. The molecule has 1 aromatic rings. The van der Waals surface area contributed by atoms with Gasteiger partial charge in [-0.3, -0.25) is 4.68 Å². The second-order valence-corrected chi connectivity index (χ2v) is 6.57. The van der Waals surface area contributed by atoms with Gasteiger partial charge >= 0.3 is 0 Å². The molecule has 0 saturated heterocycles. The van der Waals surface area contributed by atoms with Crippen molar-refractivity contribution in [3.8, 4) is 0 Å². The van der Waals surface area contributed by atoms with Gasteiger partial charge in [0.2, 0.25) is 10.0 Å². The third kappa shape index (κ3) is 3.19. The minimum Gasteiger partial charge on any atom is -0.381 e. The van der Waals surface area contributed by atoms with Crippen molar-refractivity contribution in [1.82, 2.24) is 14.1 Å². The molecule has 98 valence electrons. The number of rotatable bonds is 5. The van der Waals surface area contributed by atoms with Crippen molar-refractivity contribution in [2.45, 2.75) is 25.2 Å². The second kappa shape index (κ2) is 5.05. The molecule has 0 spiro atoms. The van der Waals surface area contributed by atoms with Crippen LogP contribution in [-0.4, -0.2) is 36.1 Å². The molecular formula is C10H20N4O2S. The molecule has 0 amide bonds. The average Bonchev–Trinajstić information content (AvgIpc) is 2.54. The maximum Gasteiger partial charge on any atom is 0.248 e. The van der Waals surface area contributed by atoms with Crippen LogP contribution < -0.4 is 5.73 Å². The van der Waals surface area contributed by atoms with Crippen LogP contribution in [0.1, 0.15) is 20.3 Å². The minimum atomic E-state index is -3.52. The van der Waals surface area contributed by atoms with Crippen molar-refractivity contribution in [2.75, 3.05) is 19.3 Å². The van der Waals surface area contributed by atoms with Gasteiger partial charge in [-0.25, -0.2) is 12.7 Å². The Morgan fingerprint density at radius 1 is 1.53 bits per heavy atom. The Kier molecular flexibility index (Phi) is 4.16. The third-order valence-electron chi connectivity index (χ3n) is 2.53. The molecule has 0 saturated carbocycles. The third-order valence-corrected chi connectivity index (χ3v) is 4.41. The molecule has 1 aromatic heterocycles. The van der Waals surface area contributed by atoms with Crippen LogP contribution in [-0.2, 0) is 17.1 Å². The molecule has 0 aliphatic carbocycles. The predicted molar refractivity (Wildman–Crippen MR) is 66.9 cm³/mol. The summed E-state index contributed by atoms with van der Waals surface area (Å²) < 4.78 is 27.1. The second-order valence-electron chi connectivity index (χ2n) is 4.56. The van der Waals surface area contributed by atoms with Crippen LogP contribution in [0.4, 0.5) is 5.82 Å². The van der Waals surface area contributed by atoms with Crippen molar-refractivity contribution in [3.05, 3.63) is 6.20 Å². The lowest BCUT2D eigenvalue weighted by atomic mass is 10.1. The van der Waals surface area contributed by atoms with Gasteiger partial charge in [0, 0.05) is 26.8 Å². The zero-order valence-electron chi connectivity index (χ0n) is 10.7. The normalized spacial score (nSPS) is 12.6. The summed E-state index contributed by atoms with van der Waals surface area (Å²) >= 11 is 0. The standard InChI is InChI=1S/C10H20N4O2S/c1-8(2)5-6-14(4)17(15,16)9-7-13(3)12-10(9)11/h7-8H,5-6H2,1-4H3,(H2,11,12). The Morgan fingerprint density at radius 2 is 2.12 bits per heavy atom. The summed E-state index contributed by atoms with van der Waals surface area (Å²) in [5.74, 6) is 0.503. The first-order valence-corrected chi connectivity index (χ1v) is 6.94. The monoisotopic (exact) mass is 260 g/mol. The summed E-state index contributed by atoms with van der Waals surface area (Å²) in [6, 6.07) is 0. The Bertz CT molecular complexity index is 478. The van der Waals surface area contributed by atoms with Crippen LogP contribution in [0.5, 0.6) is 0 Å². The zero-order valence-corrected chi connectivity index (χ0v) is 11.5. The van der Waals surface area contributed by atoms with E-state index in [2.05, 4.69) is 18.9 Å². The van der Waals surface area contributed by atoms with E-state index in [1.165, 1.54) is 15.2 Å². The van der Waals surface area contributed by atoms with Crippen molar-refractivity contribution in [3.63, 3.8) is 0 Å². The summed E-state index contributed by atoms with van der Waals surface area (Å²) in [4.78, 5) is 0.0752. The smallest absolute Gasteiger partial charge is 0.248 e. The van der Waals surface area contributed by atoms with Crippen molar-refractivity contribution in [1.29, 1.82) is 0 Å². The Balaban J connectivity index is 2.91. The molecule has 0 unspecified atom stereocenters. The highest BCUT2D eigenvalue weighted by molar-refractivity contribution is 7.89. The maximum atomic E-state index is 12.2. The van der Waals surface area contributed by atoms with E-state index in [9.17, 15) is 8.42 Å². The number of sulfonamides is 1. The molecule has 2 N–H and O–H groups in total. The number of nitrogen functional groups attached to an aromatic ring is 1. The zero-order chi connectivity index (χ0) is 13.2. The SMILES string of the molecule is CC(C)CCN(C)S(=O)(=O)c1cn(C)nc1N. The Labute approximate surface area is 102 Å². The van der Waals surface area contributed by atoms with E-state index in [1.807, 2.05) is 0 Å². The molecule has 0 radical (unpaired) electrons. The summed E-state index contributed by atoms with van der Waals surface area (Å²) in [5.41, 5.74) is 5.58. The van der Waals surface area contributed by atoms with Gasteiger partial charge in [-0.05, 0) is 12.3 Å². The number of anilines is 1. The van der Waals surface area contributed by atoms with Crippen LogP contribution in [0, 0.1) is 5.92 Å². The Hall–Kier alpha value is -1.08. The lowest BCUT2D eigenvalue weighted by Gasteiger charge is -2.17. The molecule has 17 heavy (non-hydrogen) atoms. The Morgan fingerprint density at radius 3 is 2.53 bits per heavy atom. The van der Waals surface area contributed by atoms with Gasteiger partial charge in [-0.2, -0.15) is 5.10 Å². The van der Waals surface area contributed by atoms with E-state index in [0.29, 0.717) is 12.5 Å². The lowest BCUT2D eigenvalue weighted by Crippen LogP contribution is -2.29. The quantitative estimate of drug-likeness (QED) is 0.843. The fourth-order valence-corrected chi connectivity index (χ4v) is 2.68. The first-order chi connectivity index (χ1) is 7.75. The molecule has 6 nitrogen and oxygen atoms in total. The van der Waals surface area contributed by atoms with Gasteiger partial charge in [0.15, 0.2) is 5.82 Å². The molecule has 1 rings (SSSR count). The molecule has 0 fully saturated rings. The highest BCUT2D eigenvalue weighted by Gasteiger charge is 2.25. The highest BCUT2D eigenvalue weighted by Crippen LogP contribution is 2.20. The summed E-state index contributed by atoms with van der Waals surface area (Å²) in [5, 5.41) is 3.84. The number of aromatic nitrogens is 2. The fourth-order valence-electron chi connectivity index (χ4n) is 1.41. The summed E-state index contributed by atoms with van der Waals surface area (Å²) in [7, 11) is -0.317. The average molecular weight is 260 g/mol. The molecular weight excluding hydrogens is 240 g/mol. The first-order valence-electron chi connectivity index (χ1n) is 5.50. The van der Waals surface area contributed by atoms with Crippen LogP contribution in [0.15, 0.2) is 11.1 Å². The van der Waals surface area contributed by atoms with E-state index in [1.54, 1.807) is 14.1 Å². The number of hydrogen-bond donors (Lipinski definition) is 1. The van der Waals surface area contributed by atoms with Gasteiger partial charge in [0.1, 0.15) is 4.90 Å². The van der Waals surface area contributed by atoms with Gasteiger partial charge in [-0.15, -0.1) is 0 Å².